The molecule has 0 saturated carbocycles. The molecule has 0 aliphatic heterocycles. The van der Waals surface area contributed by atoms with Crippen LogP contribution in [0, 0.1) is 0 Å². The van der Waals surface area contributed by atoms with Crippen LogP contribution in [0.5, 0.6) is 5.75 Å². The van der Waals surface area contributed by atoms with Crippen molar-refractivity contribution >= 4 is 50.7 Å². The first-order valence-electron chi connectivity index (χ1n) is 5.47. The molecule has 2 rings (SSSR count). The third kappa shape index (κ3) is 3.42. The number of halogens is 3. The van der Waals surface area contributed by atoms with Crippen molar-refractivity contribution in [3.63, 3.8) is 0 Å². The fourth-order valence-corrected chi connectivity index (χ4v) is 2.24. The van der Waals surface area contributed by atoms with E-state index in [2.05, 4.69) is 26.2 Å². The van der Waals surface area contributed by atoms with Gasteiger partial charge >= 0.3 is 0 Å². The summed E-state index contributed by atoms with van der Waals surface area (Å²) in [6.07, 6.45) is 1.51. The topological polar surface area (TPSA) is 51.2 Å². The molecule has 104 valence electrons. The number of benzene rings is 1. The van der Waals surface area contributed by atoms with Crippen LogP contribution in [0.2, 0.25) is 10.2 Å². The van der Waals surface area contributed by atoms with Crippen LogP contribution in [0.25, 0.3) is 0 Å². The molecule has 0 aliphatic rings. The fourth-order valence-electron chi connectivity index (χ4n) is 1.55. The number of carbonyl (C=O) groups is 1. The molecule has 7 heteroatoms. The van der Waals surface area contributed by atoms with Crippen LogP contribution in [0.3, 0.4) is 0 Å². The molecule has 20 heavy (non-hydrogen) atoms. The summed E-state index contributed by atoms with van der Waals surface area (Å²) in [4.78, 5) is 16.1. The molecule has 2 aromatic rings. The number of rotatable bonds is 3. The van der Waals surface area contributed by atoms with Crippen LogP contribution in [-0.4, -0.2) is 18.0 Å². The van der Waals surface area contributed by atoms with Crippen molar-refractivity contribution in [3.8, 4) is 5.75 Å². The predicted molar refractivity (Wildman–Crippen MR) is 82.9 cm³/mol. The number of amides is 1. The van der Waals surface area contributed by atoms with Gasteiger partial charge in [0.1, 0.15) is 10.9 Å². The van der Waals surface area contributed by atoms with E-state index in [0.717, 1.165) is 0 Å². The van der Waals surface area contributed by atoms with Crippen LogP contribution >= 0.6 is 39.1 Å². The fraction of sp³-hybridized carbons (Fsp3) is 0.0769. The zero-order valence-corrected chi connectivity index (χ0v) is 13.4. The van der Waals surface area contributed by atoms with Crippen molar-refractivity contribution in [1.29, 1.82) is 0 Å². The van der Waals surface area contributed by atoms with Crippen molar-refractivity contribution in [2.75, 3.05) is 12.4 Å². The number of hydrogen-bond donors (Lipinski definition) is 1. The molecule has 0 spiro atoms. The largest absolute Gasteiger partial charge is 0.495 e. The van der Waals surface area contributed by atoms with Gasteiger partial charge in [-0.05, 0) is 40.2 Å². The number of methoxy groups -OCH3 is 1. The van der Waals surface area contributed by atoms with Gasteiger partial charge in [-0.3, -0.25) is 4.79 Å². The summed E-state index contributed by atoms with van der Waals surface area (Å²) in [5.74, 6) is 0.103. The van der Waals surface area contributed by atoms with Crippen LogP contribution < -0.4 is 10.1 Å². The highest BCUT2D eigenvalue weighted by molar-refractivity contribution is 9.10. The third-order valence-electron chi connectivity index (χ3n) is 2.46. The van der Waals surface area contributed by atoms with Crippen molar-refractivity contribution in [2.45, 2.75) is 0 Å². The number of carbonyl (C=O) groups excluding carboxylic acids is 1. The molecular weight excluding hydrogens is 367 g/mol. The molecule has 0 fully saturated rings. The minimum Gasteiger partial charge on any atom is -0.495 e. The summed E-state index contributed by atoms with van der Waals surface area (Å²) in [7, 11) is 1.51. The van der Waals surface area contributed by atoms with E-state index in [4.69, 9.17) is 27.9 Å². The Bertz CT molecular complexity index is 665. The number of aromatic nitrogens is 1. The van der Waals surface area contributed by atoms with Gasteiger partial charge in [0.2, 0.25) is 0 Å². The van der Waals surface area contributed by atoms with E-state index >= 15 is 0 Å². The van der Waals surface area contributed by atoms with E-state index in [9.17, 15) is 4.79 Å². The predicted octanol–water partition coefficient (Wildman–Crippen LogP) is 4.41. The second-order valence-corrected chi connectivity index (χ2v) is 5.50. The molecule has 0 atom stereocenters. The smallest absolute Gasteiger partial charge is 0.258 e. The molecule has 0 bridgehead atoms. The first-order valence-corrected chi connectivity index (χ1v) is 7.02. The molecule has 4 nitrogen and oxygen atoms in total. The highest BCUT2D eigenvalue weighted by Gasteiger charge is 2.14. The van der Waals surface area contributed by atoms with Gasteiger partial charge in [-0.2, -0.15) is 0 Å². The van der Waals surface area contributed by atoms with Crippen LogP contribution in [-0.2, 0) is 0 Å². The first-order chi connectivity index (χ1) is 9.51. The molecular formula is C13H9BrCl2N2O2. The van der Waals surface area contributed by atoms with Gasteiger partial charge in [0.05, 0.1) is 18.4 Å². The van der Waals surface area contributed by atoms with E-state index in [1.807, 2.05) is 0 Å². The summed E-state index contributed by atoms with van der Waals surface area (Å²) in [5, 5.41) is 3.30. The van der Waals surface area contributed by atoms with Gasteiger partial charge < -0.3 is 10.1 Å². The molecule has 1 aromatic heterocycles. The van der Waals surface area contributed by atoms with Crippen LogP contribution in [0.1, 0.15) is 10.4 Å². The Morgan fingerprint density at radius 2 is 2.10 bits per heavy atom. The second-order valence-electron chi connectivity index (χ2n) is 3.79. The van der Waals surface area contributed by atoms with Crippen LogP contribution in [0.4, 0.5) is 5.69 Å². The molecule has 0 aliphatic carbocycles. The van der Waals surface area contributed by atoms with Crippen molar-refractivity contribution in [2.24, 2.45) is 0 Å². The molecule has 1 amide bonds. The Labute approximate surface area is 134 Å². The number of nitrogens with one attached hydrogen (secondary N) is 1. The van der Waals surface area contributed by atoms with Crippen molar-refractivity contribution < 1.29 is 9.53 Å². The maximum Gasteiger partial charge on any atom is 0.258 e. The Hall–Kier alpha value is -1.30. The number of ether oxygens (including phenoxy) is 1. The summed E-state index contributed by atoms with van der Waals surface area (Å²) in [6, 6.07) is 6.52. The maximum atomic E-state index is 12.2. The SMILES string of the molecule is COc1ccc(Cl)cc1NC(=O)c1cc(Br)cnc1Cl. The minimum atomic E-state index is -0.399. The summed E-state index contributed by atoms with van der Waals surface area (Å²) >= 11 is 15.1. The quantitative estimate of drug-likeness (QED) is 0.808. The zero-order chi connectivity index (χ0) is 14.7. The number of pyridine rings is 1. The van der Waals surface area contributed by atoms with Crippen molar-refractivity contribution in [3.05, 3.63) is 50.7 Å². The van der Waals surface area contributed by atoms with Crippen LogP contribution in [0.15, 0.2) is 34.9 Å². The molecule has 0 saturated heterocycles. The monoisotopic (exact) mass is 374 g/mol. The number of nitrogens with zero attached hydrogens (tertiary/aromatic N) is 1. The van der Waals surface area contributed by atoms with E-state index in [-0.39, 0.29) is 10.7 Å². The number of hydrogen-bond acceptors (Lipinski definition) is 3. The average Bonchev–Trinajstić information content (AvgIpc) is 2.41. The molecule has 1 heterocycles. The maximum absolute atomic E-state index is 12.2. The van der Waals surface area contributed by atoms with E-state index in [0.29, 0.717) is 20.9 Å². The van der Waals surface area contributed by atoms with Gasteiger partial charge in [0.15, 0.2) is 0 Å². The lowest BCUT2D eigenvalue weighted by molar-refractivity contribution is 0.102. The first kappa shape index (κ1) is 15.1. The number of anilines is 1. The summed E-state index contributed by atoms with van der Waals surface area (Å²) < 4.78 is 5.82. The Morgan fingerprint density at radius 3 is 2.80 bits per heavy atom. The summed E-state index contributed by atoms with van der Waals surface area (Å²) in [6.45, 7) is 0. The Balaban J connectivity index is 2.32. The lowest BCUT2D eigenvalue weighted by atomic mass is 10.2. The van der Waals surface area contributed by atoms with E-state index < -0.39 is 5.91 Å². The van der Waals surface area contributed by atoms with Gasteiger partial charge in [-0.15, -0.1) is 0 Å². The normalized spacial score (nSPS) is 10.2. The third-order valence-corrected chi connectivity index (χ3v) is 3.43. The Morgan fingerprint density at radius 1 is 1.35 bits per heavy atom. The van der Waals surface area contributed by atoms with Gasteiger partial charge in [0.25, 0.3) is 5.91 Å². The van der Waals surface area contributed by atoms with E-state index in [1.165, 1.54) is 13.3 Å². The molecule has 0 unspecified atom stereocenters. The van der Waals surface area contributed by atoms with Gasteiger partial charge in [0, 0.05) is 15.7 Å². The second kappa shape index (κ2) is 6.43. The highest BCUT2D eigenvalue weighted by Crippen LogP contribution is 2.29. The minimum absolute atomic E-state index is 0.117. The van der Waals surface area contributed by atoms with Gasteiger partial charge in [-0.1, -0.05) is 23.2 Å². The van der Waals surface area contributed by atoms with Crippen molar-refractivity contribution in [1.82, 2.24) is 4.98 Å². The van der Waals surface area contributed by atoms with Gasteiger partial charge in [-0.25, -0.2) is 4.98 Å². The highest BCUT2D eigenvalue weighted by atomic mass is 79.9. The summed E-state index contributed by atoms with van der Waals surface area (Å²) in [5.41, 5.74) is 0.712. The van der Waals surface area contributed by atoms with E-state index in [1.54, 1.807) is 24.3 Å². The molecule has 0 radical (unpaired) electrons. The average molecular weight is 376 g/mol. The molecule has 1 N–H and O–H groups in total. The standard InChI is InChI=1S/C13H9BrCl2N2O2/c1-20-11-3-2-8(15)5-10(11)18-13(19)9-4-7(14)6-17-12(9)16/h2-6H,1H3,(H,18,19). The lowest BCUT2D eigenvalue weighted by Crippen LogP contribution is -2.13. The zero-order valence-electron chi connectivity index (χ0n) is 10.3. The lowest BCUT2D eigenvalue weighted by Gasteiger charge is -2.11. The Kier molecular flexibility index (Phi) is 4.86. The molecule has 1 aromatic carbocycles.